The molecular formula is C31H35N5O. The molecule has 1 fully saturated rings. The van der Waals surface area contributed by atoms with E-state index in [0.29, 0.717) is 0 Å². The number of benzene rings is 2. The van der Waals surface area contributed by atoms with E-state index in [-0.39, 0.29) is 11.7 Å². The maximum atomic E-state index is 12.6. The van der Waals surface area contributed by atoms with Crippen molar-refractivity contribution in [1.82, 2.24) is 24.4 Å². The summed E-state index contributed by atoms with van der Waals surface area (Å²) >= 11 is 0. The largest absolute Gasteiger partial charge is 0.326 e. The summed E-state index contributed by atoms with van der Waals surface area (Å²) in [6.07, 6.45) is 5.97. The van der Waals surface area contributed by atoms with Gasteiger partial charge in [-0.2, -0.15) is 0 Å². The lowest BCUT2D eigenvalue weighted by molar-refractivity contribution is 0.177. The summed E-state index contributed by atoms with van der Waals surface area (Å²) in [7, 11) is 0. The van der Waals surface area contributed by atoms with Gasteiger partial charge in [0.15, 0.2) is 0 Å². The molecule has 190 valence electrons. The third kappa shape index (κ3) is 5.20. The average Bonchev–Trinajstić information content (AvgIpc) is 3.19. The van der Waals surface area contributed by atoms with Gasteiger partial charge < -0.3 is 4.98 Å². The van der Waals surface area contributed by atoms with Crippen LogP contribution in [0.15, 0.2) is 65.5 Å². The lowest BCUT2D eigenvalue weighted by atomic mass is 10.0. The van der Waals surface area contributed by atoms with Crippen LogP contribution < -0.4 is 5.69 Å². The smallest absolute Gasteiger partial charge is 0.310 e. The van der Waals surface area contributed by atoms with Crippen molar-refractivity contribution in [3.05, 3.63) is 99.5 Å². The molecule has 0 saturated carbocycles. The Balaban J connectivity index is 1.30. The van der Waals surface area contributed by atoms with Crippen molar-refractivity contribution in [3.8, 4) is 22.5 Å². The first-order valence-corrected chi connectivity index (χ1v) is 13.1. The van der Waals surface area contributed by atoms with E-state index in [2.05, 4.69) is 46.3 Å². The van der Waals surface area contributed by atoms with E-state index in [9.17, 15) is 4.79 Å². The molecule has 4 aromatic rings. The molecule has 1 N–H and O–H groups in total. The van der Waals surface area contributed by atoms with Crippen LogP contribution in [0.5, 0.6) is 0 Å². The number of aromatic amines is 1. The molecular weight excluding hydrogens is 458 g/mol. The number of hydrogen-bond donors (Lipinski definition) is 1. The normalized spacial score (nSPS) is 15.0. The second-order valence-corrected chi connectivity index (χ2v) is 9.97. The maximum Gasteiger partial charge on any atom is 0.326 e. The fourth-order valence-electron chi connectivity index (χ4n) is 5.26. The Morgan fingerprint density at radius 3 is 2.08 bits per heavy atom. The molecule has 6 heteroatoms. The summed E-state index contributed by atoms with van der Waals surface area (Å²) in [6, 6.07) is 19.3. The van der Waals surface area contributed by atoms with Crippen LogP contribution in [0.1, 0.15) is 54.1 Å². The number of nitrogens with one attached hydrogen (secondary N) is 1. The van der Waals surface area contributed by atoms with Gasteiger partial charge in [-0.1, -0.05) is 60.7 Å². The Morgan fingerprint density at radius 1 is 0.892 bits per heavy atom. The first kappa shape index (κ1) is 24.9. The number of piperidine rings is 1. The fraction of sp³-hybridized carbons (Fsp3) is 0.323. The number of likely N-dealkylation sites (tertiary alicyclic amines) is 1. The number of aromatic nitrogens is 4. The summed E-state index contributed by atoms with van der Waals surface area (Å²) in [4.78, 5) is 27.8. The Labute approximate surface area is 218 Å². The number of rotatable bonds is 6. The minimum Gasteiger partial charge on any atom is -0.310 e. The molecule has 0 amide bonds. The SMILES string of the molecule is C/C=C\c1c(C)[nH]c(=O)n1C1CCN(Cc2ccc(-c3nc(C)c(C)nc3-c3ccccc3)cc2)CC1. The van der Waals surface area contributed by atoms with Gasteiger partial charge in [0, 0.05) is 42.5 Å². The van der Waals surface area contributed by atoms with Crippen molar-refractivity contribution >= 4 is 6.08 Å². The topological polar surface area (TPSA) is 66.8 Å². The number of nitrogens with zero attached hydrogens (tertiary/aromatic N) is 4. The highest BCUT2D eigenvalue weighted by molar-refractivity contribution is 5.78. The van der Waals surface area contributed by atoms with E-state index < -0.39 is 0 Å². The second kappa shape index (κ2) is 10.7. The van der Waals surface area contributed by atoms with E-state index >= 15 is 0 Å². The Kier molecular flexibility index (Phi) is 7.19. The van der Waals surface area contributed by atoms with Crippen molar-refractivity contribution in [1.29, 1.82) is 0 Å². The highest BCUT2D eigenvalue weighted by atomic mass is 16.1. The minimum absolute atomic E-state index is 0.00366. The second-order valence-electron chi connectivity index (χ2n) is 9.97. The molecule has 1 aliphatic heterocycles. The number of H-pyrrole nitrogens is 1. The summed E-state index contributed by atoms with van der Waals surface area (Å²) < 4.78 is 1.95. The zero-order valence-corrected chi connectivity index (χ0v) is 22.2. The van der Waals surface area contributed by atoms with Crippen molar-refractivity contribution in [2.45, 2.75) is 53.1 Å². The molecule has 0 bridgehead atoms. The van der Waals surface area contributed by atoms with Gasteiger partial charge in [0.1, 0.15) is 0 Å². The lowest BCUT2D eigenvalue weighted by Crippen LogP contribution is -2.37. The lowest BCUT2D eigenvalue weighted by Gasteiger charge is -2.32. The van der Waals surface area contributed by atoms with Crippen molar-refractivity contribution in [2.75, 3.05) is 13.1 Å². The summed E-state index contributed by atoms with van der Waals surface area (Å²) in [5, 5.41) is 0. The molecule has 6 nitrogen and oxygen atoms in total. The van der Waals surface area contributed by atoms with Gasteiger partial charge in [0.25, 0.3) is 0 Å². The van der Waals surface area contributed by atoms with E-state index in [1.165, 1.54) is 5.56 Å². The van der Waals surface area contributed by atoms with Crippen LogP contribution in [0.4, 0.5) is 0 Å². The molecule has 0 spiro atoms. The average molecular weight is 494 g/mol. The van der Waals surface area contributed by atoms with Gasteiger partial charge in [-0.3, -0.25) is 9.47 Å². The van der Waals surface area contributed by atoms with Crippen LogP contribution in [-0.4, -0.2) is 37.5 Å². The van der Waals surface area contributed by atoms with Crippen molar-refractivity contribution < 1.29 is 0 Å². The molecule has 1 aliphatic rings. The molecule has 3 heterocycles. The third-order valence-electron chi connectivity index (χ3n) is 7.39. The van der Waals surface area contributed by atoms with E-state index in [1.807, 2.05) is 62.6 Å². The van der Waals surface area contributed by atoms with Crippen LogP contribution in [-0.2, 0) is 6.54 Å². The van der Waals surface area contributed by atoms with Gasteiger partial charge in [-0.25, -0.2) is 14.8 Å². The summed E-state index contributed by atoms with van der Waals surface area (Å²) in [5.41, 5.74) is 9.14. The Hall–Kier alpha value is -3.77. The molecule has 5 rings (SSSR count). The highest BCUT2D eigenvalue weighted by Gasteiger charge is 2.24. The highest BCUT2D eigenvalue weighted by Crippen LogP contribution is 2.31. The number of allylic oxidation sites excluding steroid dienone is 1. The van der Waals surface area contributed by atoms with Crippen LogP contribution in [0.2, 0.25) is 0 Å². The predicted octanol–water partition coefficient (Wildman–Crippen LogP) is 6.10. The van der Waals surface area contributed by atoms with Crippen LogP contribution in [0.3, 0.4) is 0 Å². The predicted molar refractivity (Wildman–Crippen MR) is 150 cm³/mol. The van der Waals surface area contributed by atoms with Gasteiger partial charge in [-0.15, -0.1) is 0 Å². The molecule has 0 aliphatic carbocycles. The van der Waals surface area contributed by atoms with Gasteiger partial charge >= 0.3 is 5.69 Å². The maximum absolute atomic E-state index is 12.6. The van der Waals surface area contributed by atoms with Gasteiger partial charge in [0.05, 0.1) is 28.5 Å². The van der Waals surface area contributed by atoms with E-state index in [0.717, 1.165) is 77.8 Å². The van der Waals surface area contributed by atoms with Crippen LogP contribution in [0.25, 0.3) is 28.6 Å². The zero-order valence-electron chi connectivity index (χ0n) is 22.2. The third-order valence-corrected chi connectivity index (χ3v) is 7.39. The zero-order chi connectivity index (χ0) is 25.9. The van der Waals surface area contributed by atoms with E-state index in [1.54, 1.807) is 0 Å². The number of hydrogen-bond acceptors (Lipinski definition) is 4. The summed E-state index contributed by atoms with van der Waals surface area (Å²) in [5.74, 6) is 0. The monoisotopic (exact) mass is 493 g/mol. The summed E-state index contributed by atoms with van der Waals surface area (Å²) in [6.45, 7) is 10.8. The van der Waals surface area contributed by atoms with Gasteiger partial charge in [0.2, 0.25) is 0 Å². The molecule has 0 radical (unpaired) electrons. The van der Waals surface area contributed by atoms with Crippen molar-refractivity contribution in [3.63, 3.8) is 0 Å². The minimum atomic E-state index is 0.00366. The fourth-order valence-corrected chi connectivity index (χ4v) is 5.26. The quantitative estimate of drug-likeness (QED) is 0.353. The van der Waals surface area contributed by atoms with Crippen LogP contribution in [0, 0.1) is 20.8 Å². The molecule has 1 saturated heterocycles. The Bertz CT molecular complexity index is 1460. The molecule has 0 unspecified atom stereocenters. The molecule has 2 aromatic carbocycles. The first-order chi connectivity index (χ1) is 17.9. The number of imidazole rings is 1. The Morgan fingerprint density at radius 2 is 1.49 bits per heavy atom. The van der Waals surface area contributed by atoms with Gasteiger partial charge in [-0.05, 0) is 52.2 Å². The molecule has 37 heavy (non-hydrogen) atoms. The standard InChI is InChI=1S/C31H35N5O/c1-5-9-28-23(4)34-31(37)36(28)27-16-18-35(19-17-27)20-24-12-14-26(15-13-24)30-29(25-10-7-6-8-11-25)32-21(2)22(3)33-30/h5-15,27H,16-20H2,1-4H3,(H,34,37)/b9-5-. The van der Waals surface area contributed by atoms with Crippen molar-refractivity contribution in [2.24, 2.45) is 0 Å². The molecule has 2 aromatic heterocycles. The number of aryl methyl sites for hydroxylation is 3. The van der Waals surface area contributed by atoms with Crippen LogP contribution >= 0.6 is 0 Å². The first-order valence-electron chi connectivity index (χ1n) is 13.1. The molecule has 0 atom stereocenters. The van der Waals surface area contributed by atoms with E-state index in [4.69, 9.17) is 9.97 Å².